The highest BCUT2D eigenvalue weighted by atomic mass is 14.9. The number of likely N-dealkylation sites (N-methyl/N-ethyl adjacent to an activating group) is 1. The Morgan fingerprint density at radius 2 is 2.08 bits per heavy atom. The molecule has 0 amide bonds. The zero-order chi connectivity index (χ0) is 9.84. The molecule has 13 heavy (non-hydrogen) atoms. The second-order valence-electron chi connectivity index (χ2n) is 3.36. The van der Waals surface area contributed by atoms with Crippen LogP contribution in [0.1, 0.15) is 22.7 Å². The topological polar surface area (TPSA) is 12.0 Å². The van der Waals surface area contributed by atoms with Gasteiger partial charge in [-0.05, 0) is 32.0 Å². The van der Waals surface area contributed by atoms with Crippen molar-refractivity contribution < 1.29 is 0 Å². The van der Waals surface area contributed by atoms with Crippen LogP contribution < -0.4 is 5.32 Å². The molecule has 0 saturated heterocycles. The summed E-state index contributed by atoms with van der Waals surface area (Å²) in [5, 5.41) is 3.22. The largest absolute Gasteiger partial charge is 0.310 e. The van der Waals surface area contributed by atoms with Gasteiger partial charge in [0.15, 0.2) is 0 Å². The normalized spacial score (nSPS) is 12.5. The Balaban J connectivity index is 3.10. The van der Waals surface area contributed by atoms with E-state index < -0.39 is 0 Å². The van der Waals surface area contributed by atoms with Gasteiger partial charge in [0.25, 0.3) is 0 Å². The van der Waals surface area contributed by atoms with Crippen LogP contribution in [0.2, 0.25) is 0 Å². The van der Waals surface area contributed by atoms with Crippen LogP contribution in [-0.4, -0.2) is 7.05 Å². The van der Waals surface area contributed by atoms with Gasteiger partial charge in [-0.15, -0.1) is 6.58 Å². The molecule has 0 bridgehead atoms. The smallest absolute Gasteiger partial charge is 0.0503 e. The lowest BCUT2D eigenvalue weighted by molar-refractivity contribution is 0.711. The lowest BCUT2D eigenvalue weighted by atomic mass is 9.99. The standard InChI is InChI=1S/C12H17N/c1-5-12(13-4)11-8-9(2)6-7-10(11)3/h5-8,12-13H,1H2,2-4H3. The molecule has 1 atom stereocenters. The SMILES string of the molecule is C=CC(NC)c1cc(C)ccc1C. The summed E-state index contributed by atoms with van der Waals surface area (Å²) in [7, 11) is 1.95. The zero-order valence-electron chi connectivity index (χ0n) is 8.59. The van der Waals surface area contributed by atoms with E-state index in [2.05, 4.69) is 43.9 Å². The average molecular weight is 175 g/mol. The Morgan fingerprint density at radius 1 is 1.38 bits per heavy atom. The highest BCUT2D eigenvalue weighted by Gasteiger charge is 2.06. The molecule has 1 heteroatoms. The van der Waals surface area contributed by atoms with Crippen LogP contribution in [0.15, 0.2) is 30.9 Å². The Hall–Kier alpha value is -1.08. The van der Waals surface area contributed by atoms with Crippen molar-refractivity contribution in [1.29, 1.82) is 0 Å². The number of hydrogen-bond acceptors (Lipinski definition) is 1. The van der Waals surface area contributed by atoms with Crippen LogP contribution in [-0.2, 0) is 0 Å². The maximum absolute atomic E-state index is 3.82. The van der Waals surface area contributed by atoms with E-state index in [0.29, 0.717) is 0 Å². The summed E-state index contributed by atoms with van der Waals surface area (Å²) in [5.41, 5.74) is 3.92. The molecule has 0 heterocycles. The number of benzene rings is 1. The van der Waals surface area contributed by atoms with Gasteiger partial charge in [-0.1, -0.05) is 29.8 Å². The molecule has 0 aliphatic heterocycles. The maximum atomic E-state index is 3.82. The van der Waals surface area contributed by atoms with Gasteiger partial charge in [-0.3, -0.25) is 0 Å². The molecular weight excluding hydrogens is 158 g/mol. The van der Waals surface area contributed by atoms with Gasteiger partial charge in [0, 0.05) is 0 Å². The lowest BCUT2D eigenvalue weighted by Crippen LogP contribution is -2.14. The molecule has 1 aromatic rings. The lowest BCUT2D eigenvalue weighted by Gasteiger charge is -2.15. The van der Waals surface area contributed by atoms with E-state index in [4.69, 9.17) is 0 Å². The minimum absolute atomic E-state index is 0.264. The fourth-order valence-electron chi connectivity index (χ4n) is 1.50. The molecule has 1 N–H and O–H groups in total. The number of aryl methyl sites for hydroxylation is 2. The minimum Gasteiger partial charge on any atom is -0.310 e. The summed E-state index contributed by atoms with van der Waals surface area (Å²) < 4.78 is 0. The molecule has 0 saturated carbocycles. The highest BCUT2D eigenvalue weighted by Crippen LogP contribution is 2.19. The van der Waals surface area contributed by atoms with E-state index in [9.17, 15) is 0 Å². The second kappa shape index (κ2) is 4.24. The van der Waals surface area contributed by atoms with Crippen molar-refractivity contribution >= 4 is 0 Å². The molecule has 1 rings (SSSR count). The molecule has 0 aliphatic carbocycles. The first-order valence-electron chi connectivity index (χ1n) is 4.56. The van der Waals surface area contributed by atoms with Crippen LogP contribution in [0.5, 0.6) is 0 Å². The molecule has 0 aliphatic rings. The number of rotatable bonds is 3. The summed E-state index contributed by atoms with van der Waals surface area (Å²) in [5.74, 6) is 0. The van der Waals surface area contributed by atoms with E-state index in [1.54, 1.807) is 0 Å². The third kappa shape index (κ3) is 2.19. The Morgan fingerprint density at radius 3 is 2.62 bits per heavy atom. The van der Waals surface area contributed by atoms with Crippen molar-refractivity contribution in [2.45, 2.75) is 19.9 Å². The molecular formula is C12H17N. The van der Waals surface area contributed by atoms with E-state index >= 15 is 0 Å². The van der Waals surface area contributed by atoms with Gasteiger partial charge in [0.1, 0.15) is 0 Å². The Bertz CT molecular complexity index is 302. The Labute approximate surface area is 80.5 Å². The predicted molar refractivity (Wildman–Crippen MR) is 57.9 cm³/mol. The molecule has 70 valence electrons. The van der Waals surface area contributed by atoms with Gasteiger partial charge in [0.05, 0.1) is 6.04 Å². The molecule has 1 aromatic carbocycles. The van der Waals surface area contributed by atoms with Crippen molar-refractivity contribution in [3.63, 3.8) is 0 Å². The predicted octanol–water partition coefficient (Wildman–Crippen LogP) is 2.75. The maximum Gasteiger partial charge on any atom is 0.0503 e. The summed E-state index contributed by atoms with van der Waals surface area (Å²) >= 11 is 0. The number of nitrogens with one attached hydrogen (secondary N) is 1. The molecule has 0 spiro atoms. The van der Waals surface area contributed by atoms with Crippen molar-refractivity contribution in [1.82, 2.24) is 5.32 Å². The average Bonchev–Trinajstić information content (AvgIpc) is 2.13. The summed E-state index contributed by atoms with van der Waals surface area (Å²) in [6.07, 6.45) is 1.93. The first kappa shape index (κ1) is 10.0. The fraction of sp³-hybridized carbons (Fsp3) is 0.333. The summed E-state index contributed by atoms with van der Waals surface area (Å²) in [6, 6.07) is 6.76. The molecule has 0 aromatic heterocycles. The third-order valence-electron chi connectivity index (χ3n) is 2.32. The highest BCUT2D eigenvalue weighted by molar-refractivity contribution is 5.34. The fourth-order valence-corrected chi connectivity index (χ4v) is 1.50. The van der Waals surface area contributed by atoms with E-state index in [1.807, 2.05) is 13.1 Å². The van der Waals surface area contributed by atoms with Gasteiger partial charge in [-0.25, -0.2) is 0 Å². The molecule has 0 radical (unpaired) electrons. The van der Waals surface area contributed by atoms with Crippen LogP contribution in [0.3, 0.4) is 0 Å². The van der Waals surface area contributed by atoms with Crippen molar-refractivity contribution in [3.8, 4) is 0 Å². The zero-order valence-corrected chi connectivity index (χ0v) is 8.59. The van der Waals surface area contributed by atoms with Crippen molar-refractivity contribution in [3.05, 3.63) is 47.5 Å². The van der Waals surface area contributed by atoms with E-state index in [0.717, 1.165) is 0 Å². The second-order valence-corrected chi connectivity index (χ2v) is 3.36. The first-order chi connectivity index (χ1) is 6.19. The summed E-state index contributed by atoms with van der Waals surface area (Å²) in [4.78, 5) is 0. The first-order valence-corrected chi connectivity index (χ1v) is 4.56. The quantitative estimate of drug-likeness (QED) is 0.696. The monoisotopic (exact) mass is 175 g/mol. The van der Waals surface area contributed by atoms with Crippen LogP contribution in [0, 0.1) is 13.8 Å². The molecule has 1 unspecified atom stereocenters. The molecule has 1 nitrogen and oxygen atoms in total. The van der Waals surface area contributed by atoms with E-state index in [1.165, 1.54) is 16.7 Å². The van der Waals surface area contributed by atoms with Gasteiger partial charge < -0.3 is 5.32 Å². The van der Waals surface area contributed by atoms with E-state index in [-0.39, 0.29) is 6.04 Å². The van der Waals surface area contributed by atoms with Crippen LogP contribution in [0.4, 0.5) is 0 Å². The Kier molecular flexibility index (Phi) is 3.26. The number of hydrogen-bond donors (Lipinski definition) is 1. The van der Waals surface area contributed by atoms with Gasteiger partial charge >= 0.3 is 0 Å². The summed E-state index contributed by atoms with van der Waals surface area (Å²) in [6.45, 7) is 8.05. The third-order valence-corrected chi connectivity index (χ3v) is 2.32. The van der Waals surface area contributed by atoms with Gasteiger partial charge in [0.2, 0.25) is 0 Å². The van der Waals surface area contributed by atoms with Gasteiger partial charge in [-0.2, -0.15) is 0 Å². The van der Waals surface area contributed by atoms with Crippen molar-refractivity contribution in [2.24, 2.45) is 0 Å². The molecule has 0 fully saturated rings. The van der Waals surface area contributed by atoms with Crippen LogP contribution in [0.25, 0.3) is 0 Å². The van der Waals surface area contributed by atoms with Crippen LogP contribution >= 0.6 is 0 Å². The minimum atomic E-state index is 0.264. The van der Waals surface area contributed by atoms with Crippen molar-refractivity contribution in [2.75, 3.05) is 7.05 Å².